The molecule has 3 aromatic rings. The number of nitrogens with zero attached hydrogens (tertiary/aromatic N) is 1. The lowest BCUT2D eigenvalue weighted by atomic mass is 10.1. The molecule has 1 unspecified atom stereocenters. The minimum absolute atomic E-state index is 0.0498. The van der Waals surface area contributed by atoms with Crippen LogP contribution in [0.4, 0.5) is 0 Å². The Morgan fingerprint density at radius 3 is 2.62 bits per heavy atom. The van der Waals surface area contributed by atoms with Crippen LogP contribution >= 0.6 is 0 Å². The van der Waals surface area contributed by atoms with Gasteiger partial charge >= 0.3 is 0 Å². The van der Waals surface area contributed by atoms with E-state index in [0.717, 1.165) is 35.1 Å². The number of methoxy groups -OCH3 is 3. The lowest BCUT2D eigenvalue weighted by molar-refractivity contribution is 0.0925. The van der Waals surface area contributed by atoms with Crippen LogP contribution in [0, 0.1) is 0 Å². The summed E-state index contributed by atoms with van der Waals surface area (Å²) in [5, 5.41) is 4.27. The number of aromatic nitrogens is 1. The maximum atomic E-state index is 13.2. The number of carbonyl (C=O) groups excluding carboxylic acids is 1. The van der Waals surface area contributed by atoms with E-state index in [1.54, 1.807) is 21.3 Å². The van der Waals surface area contributed by atoms with Crippen LogP contribution in [0.3, 0.4) is 0 Å². The molecule has 0 aliphatic heterocycles. The third-order valence-corrected chi connectivity index (χ3v) is 5.59. The minimum atomic E-state index is -0.0788. The zero-order chi connectivity index (χ0) is 20.4. The van der Waals surface area contributed by atoms with E-state index < -0.39 is 0 Å². The van der Waals surface area contributed by atoms with E-state index in [2.05, 4.69) is 5.32 Å². The first-order valence-electron chi connectivity index (χ1n) is 9.79. The average Bonchev–Trinajstić information content (AvgIpc) is 3.32. The van der Waals surface area contributed by atoms with Crippen molar-refractivity contribution in [3.63, 3.8) is 0 Å². The highest BCUT2D eigenvalue weighted by Crippen LogP contribution is 2.39. The standard InChI is InChI=1S/C23H26N2O4/c1-27-11-10-25-19-7-5-4-6-16(19)12-20(25)23(26)24-18-9-8-15-13-21(28-2)22(29-3)14-17(15)18/h4-7,12-14,18H,8-11H2,1-3H3,(H,24,26). The van der Waals surface area contributed by atoms with Gasteiger partial charge in [-0.3, -0.25) is 4.79 Å². The fourth-order valence-corrected chi connectivity index (χ4v) is 4.14. The normalized spacial score (nSPS) is 15.3. The van der Waals surface area contributed by atoms with Crippen molar-refractivity contribution in [2.45, 2.75) is 25.4 Å². The molecule has 2 aromatic carbocycles. The van der Waals surface area contributed by atoms with Gasteiger partial charge in [0.2, 0.25) is 0 Å². The Kier molecular flexibility index (Phi) is 5.45. The van der Waals surface area contributed by atoms with Crippen molar-refractivity contribution in [2.24, 2.45) is 0 Å². The Morgan fingerprint density at radius 2 is 1.86 bits per heavy atom. The van der Waals surface area contributed by atoms with Crippen molar-refractivity contribution in [3.8, 4) is 11.5 Å². The Balaban J connectivity index is 1.63. The first kappa shape index (κ1) is 19.3. The van der Waals surface area contributed by atoms with Gasteiger partial charge < -0.3 is 24.1 Å². The number of ether oxygens (including phenoxy) is 3. The lowest BCUT2D eigenvalue weighted by Crippen LogP contribution is -2.29. The summed E-state index contributed by atoms with van der Waals surface area (Å²) in [4.78, 5) is 13.2. The number of nitrogens with one attached hydrogen (secondary N) is 1. The van der Waals surface area contributed by atoms with Crippen LogP contribution in [0.2, 0.25) is 0 Å². The lowest BCUT2D eigenvalue weighted by Gasteiger charge is -2.17. The molecular formula is C23H26N2O4. The van der Waals surface area contributed by atoms with Gasteiger partial charge in [0, 0.05) is 24.6 Å². The Labute approximate surface area is 170 Å². The smallest absolute Gasteiger partial charge is 0.268 e. The highest BCUT2D eigenvalue weighted by Gasteiger charge is 2.27. The Bertz CT molecular complexity index is 1040. The van der Waals surface area contributed by atoms with Gasteiger partial charge in [0.1, 0.15) is 5.69 Å². The van der Waals surface area contributed by atoms with E-state index in [4.69, 9.17) is 14.2 Å². The maximum absolute atomic E-state index is 13.2. The summed E-state index contributed by atoms with van der Waals surface area (Å²) in [7, 11) is 4.93. The van der Waals surface area contributed by atoms with E-state index in [1.807, 2.05) is 47.0 Å². The highest BCUT2D eigenvalue weighted by atomic mass is 16.5. The maximum Gasteiger partial charge on any atom is 0.268 e. The molecule has 1 aliphatic carbocycles. The number of hydrogen-bond acceptors (Lipinski definition) is 4. The molecule has 1 atom stereocenters. The average molecular weight is 394 g/mol. The largest absolute Gasteiger partial charge is 0.493 e. The summed E-state index contributed by atoms with van der Waals surface area (Å²) < 4.78 is 18.1. The molecule has 1 N–H and O–H groups in total. The second-order valence-electron chi connectivity index (χ2n) is 7.20. The first-order valence-corrected chi connectivity index (χ1v) is 9.79. The monoisotopic (exact) mass is 394 g/mol. The molecule has 6 nitrogen and oxygen atoms in total. The van der Waals surface area contributed by atoms with E-state index in [-0.39, 0.29) is 11.9 Å². The van der Waals surface area contributed by atoms with Gasteiger partial charge in [-0.25, -0.2) is 0 Å². The van der Waals surface area contributed by atoms with E-state index in [9.17, 15) is 4.79 Å². The van der Waals surface area contributed by atoms with Crippen molar-refractivity contribution in [3.05, 3.63) is 59.3 Å². The molecule has 0 bridgehead atoms. The first-order chi connectivity index (χ1) is 14.2. The predicted molar refractivity (Wildman–Crippen MR) is 112 cm³/mol. The van der Waals surface area contributed by atoms with Crippen LogP contribution in [0.1, 0.15) is 34.1 Å². The number of benzene rings is 2. The SMILES string of the molecule is COCCn1c(C(=O)NC2CCc3cc(OC)c(OC)cc32)cc2ccccc21. The summed E-state index contributed by atoms with van der Waals surface area (Å²) in [6, 6.07) is 13.9. The summed E-state index contributed by atoms with van der Waals surface area (Å²) in [6.45, 7) is 1.17. The number of fused-ring (bicyclic) bond motifs is 2. The molecule has 1 amide bonds. The summed E-state index contributed by atoms with van der Waals surface area (Å²) in [5.41, 5.74) is 3.97. The zero-order valence-corrected chi connectivity index (χ0v) is 17.0. The van der Waals surface area contributed by atoms with Crippen molar-refractivity contribution in [1.82, 2.24) is 9.88 Å². The van der Waals surface area contributed by atoms with Gasteiger partial charge in [-0.2, -0.15) is 0 Å². The van der Waals surface area contributed by atoms with Gasteiger partial charge in [0.25, 0.3) is 5.91 Å². The topological polar surface area (TPSA) is 61.7 Å². The van der Waals surface area contributed by atoms with Gasteiger partial charge in [-0.15, -0.1) is 0 Å². The number of rotatable bonds is 7. The molecule has 4 rings (SSSR count). The zero-order valence-electron chi connectivity index (χ0n) is 17.0. The molecule has 0 saturated heterocycles. The number of hydrogen-bond donors (Lipinski definition) is 1. The fourth-order valence-electron chi connectivity index (χ4n) is 4.14. The third-order valence-electron chi connectivity index (χ3n) is 5.59. The molecule has 0 saturated carbocycles. The molecule has 6 heteroatoms. The molecule has 1 aromatic heterocycles. The molecule has 29 heavy (non-hydrogen) atoms. The summed E-state index contributed by atoms with van der Waals surface area (Å²) in [6.07, 6.45) is 1.75. The fraction of sp³-hybridized carbons (Fsp3) is 0.348. The molecule has 1 aliphatic rings. The van der Waals surface area contributed by atoms with Crippen LogP contribution in [-0.4, -0.2) is 38.4 Å². The number of amides is 1. The Hall–Kier alpha value is -2.99. The second-order valence-corrected chi connectivity index (χ2v) is 7.20. The number of carbonyl (C=O) groups is 1. The van der Waals surface area contributed by atoms with E-state index in [0.29, 0.717) is 24.6 Å². The van der Waals surface area contributed by atoms with Gasteiger partial charge in [0.05, 0.1) is 26.9 Å². The Morgan fingerprint density at radius 1 is 1.10 bits per heavy atom. The van der Waals surface area contributed by atoms with Crippen LogP contribution in [0.5, 0.6) is 11.5 Å². The van der Waals surface area contributed by atoms with E-state index >= 15 is 0 Å². The molecular weight excluding hydrogens is 368 g/mol. The van der Waals surface area contributed by atoms with Crippen molar-refractivity contribution in [2.75, 3.05) is 27.9 Å². The van der Waals surface area contributed by atoms with Crippen molar-refractivity contribution >= 4 is 16.8 Å². The molecule has 1 heterocycles. The quantitative estimate of drug-likeness (QED) is 0.663. The molecule has 0 radical (unpaired) electrons. The molecule has 0 spiro atoms. The van der Waals surface area contributed by atoms with Crippen LogP contribution in [-0.2, 0) is 17.7 Å². The highest BCUT2D eigenvalue weighted by molar-refractivity contribution is 5.99. The van der Waals surface area contributed by atoms with Crippen molar-refractivity contribution < 1.29 is 19.0 Å². The van der Waals surface area contributed by atoms with E-state index in [1.165, 1.54) is 5.56 Å². The molecule has 0 fully saturated rings. The number of para-hydroxylation sites is 1. The second kappa shape index (κ2) is 8.17. The third kappa shape index (κ3) is 3.56. The summed E-state index contributed by atoms with van der Waals surface area (Å²) >= 11 is 0. The van der Waals surface area contributed by atoms with Gasteiger partial charge in [-0.1, -0.05) is 18.2 Å². The number of aryl methyl sites for hydroxylation is 1. The van der Waals surface area contributed by atoms with Crippen LogP contribution < -0.4 is 14.8 Å². The van der Waals surface area contributed by atoms with Crippen LogP contribution in [0.25, 0.3) is 10.9 Å². The molecule has 152 valence electrons. The van der Waals surface area contributed by atoms with Crippen LogP contribution in [0.15, 0.2) is 42.5 Å². The van der Waals surface area contributed by atoms with Gasteiger partial charge in [0.15, 0.2) is 11.5 Å². The van der Waals surface area contributed by atoms with Gasteiger partial charge in [-0.05, 0) is 48.2 Å². The minimum Gasteiger partial charge on any atom is -0.493 e. The van der Waals surface area contributed by atoms with Crippen molar-refractivity contribution in [1.29, 1.82) is 0 Å². The summed E-state index contributed by atoms with van der Waals surface area (Å²) in [5.74, 6) is 1.32. The predicted octanol–water partition coefficient (Wildman–Crippen LogP) is 3.72.